The Morgan fingerprint density at radius 3 is 3.00 bits per heavy atom. The number of nitrogens with one attached hydrogen (secondary N) is 2. The minimum Gasteiger partial charge on any atom is -0.456 e. The number of aromatic nitrogens is 2. The van der Waals surface area contributed by atoms with Crippen LogP contribution in [0.3, 0.4) is 0 Å². The topological polar surface area (TPSA) is 62.3 Å². The van der Waals surface area contributed by atoms with Gasteiger partial charge in [-0.05, 0) is 72.9 Å². The molecule has 5 aliphatic rings. The molecule has 2 aliphatic heterocycles. The number of benzene rings is 1. The van der Waals surface area contributed by atoms with Crippen LogP contribution < -0.4 is 15.4 Å². The van der Waals surface area contributed by atoms with E-state index in [-0.39, 0.29) is 11.4 Å². The Kier molecular flexibility index (Phi) is 5.59. The van der Waals surface area contributed by atoms with Crippen LogP contribution in [-0.4, -0.2) is 39.6 Å². The monoisotopic (exact) mass is 515 g/mol. The Balaban J connectivity index is 1.19. The van der Waals surface area contributed by atoms with Gasteiger partial charge in [0.1, 0.15) is 0 Å². The lowest BCUT2D eigenvalue weighted by molar-refractivity contribution is 0.137. The van der Waals surface area contributed by atoms with E-state index in [4.69, 9.17) is 26.3 Å². The van der Waals surface area contributed by atoms with E-state index >= 15 is 0 Å². The Morgan fingerprint density at radius 1 is 1.30 bits per heavy atom. The van der Waals surface area contributed by atoms with Crippen LogP contribution >= 0.6 is 11.6 Å². The normalized spacial score (nSPS) is 28.8. The third-order valence-corrected chi connectivity index (χ3v) is 9.08. The molecule has 0 amide bonds. The maximum absolute atomic E-state index is 6.82. The van der Waals surface area contributed by atoms with Crippen molar-refractivity contribution in [2.24, 2.45) is 5.92 Å². The molecule has 3 heterocycles. The molecule has 37 heavy (non-hydrogen) atoms. The van der Waals surface area contributed by atoms with Crippen molar-refractivity contribution in [3.8, 4) is 5.88 Å². The molecule has 2 saturated carbocycles. The molecule has 6 nitrogen and oxygen atoms in total. The highest BCUT2D eigenvalue weighted by atomic mass is 35.5. The Hall–Kier alpha value is -2.83. The van der Waals surface area contributed by atoms with Gasteiger partial charge in [0.2, 0.25) is 11.8 Å². The Bertz CT molecular complexity index is 1340. The van der Waals surface area contributed by atoms with Gasteiger partial charge in [0.25, 0.3) is 0 Å². The predicted molar refractivity (Wildman–Crippen MR) is 148 cm³/mol. The van der Waals surface area contributed by atoms with Gasteiger partial charge >= 0.3 is 0 Å². The van der Waals surface area contributed by atoms with Crippen molar-refractivity contribution in [2.75, 3.05) is 18.6 Å². The van der Waals surface area contributed by atoms with Gasteiger partial charge in [-0.3, -0.25) is 0 Å². The summed E-state index contributed by atoms with van der Waals surface area (Å²) < 4.78 is 6.27. The number of fused-ring (bicyclic) bond motifs is 3. The second kappa shape index (κ2) is 8.88. The highest BCUT2D eigenvalue weighted by Gasteiger charge is 2.47. The molecule has 1 aromatic carbocycles. The Labute approximate surface area is 223 Å². The second-order valence-electron chi connectivity index (χ2n) is 11.3. The van der Waals surface area contributed by atoms with Crippen LogP contribution in [0.5, 0.6) is 5.88 Å². The number of ether oxygens (including phenoxy) is 1. The average molecular weight is 516 g/mol. The molecule has 1 aromatic heterocycles. The summed E-state index contributed by atoms with van der Waals surface area (Å²) in [5.74, 6) is 1.84. The maximum atomic E-state index is 6.82. The summed E-state index contributed by atoms with van der Waals surface area (Å²) in [5.41, 5.74) is 9.20. The molecule has 3 aliphatic carbocycles. The molecular formula is C30H34ClN5O. The van der Waals surface area contributed by atoms with E-state index < -0.39 is 0 Å². The maximum Gasteiger partial charge on any atom is 0.230 e. The highest BCUT2D eigenvalue weighted by molar-refractivity contribution is 6.22. The van der Waals surface area contributed by atoms with Crippen LogP contribution in [0.4, 0.5) is 11.6 Å². The summed E-state index contributed by atoms with van der Waals surface area (Å²) in [6.07, 6.45) is 14.3. The summed E-state index contributed by atoms with van der Waals surface area (Å²) in [4.78, 5) is 11.9. The van der Waals surface area contributed by atoms with Crippen molar-refractivity contribution < 1.29 is 4.74 Å². The largest absolute Gasteiger partial charge is 0.456 e. The van der Waals surface area contributed by atoms with Crippen molar-refractivity contribution in [1.29, 1.82) is 0 Å². The first-order chi connectivity index (χ1) is 18.1. The third kappa shape index (κ3) is 4.05. The molecule has 192 valence electrons. The number of halogens is 1. The zero-order valence-electron chi connectivity index (χ0n) is 21.6. The SMILES string of the molecule is CCCC1C/C1=C1\c2cnc(Nc3ccc4c(c3)CNCC43CC3)nc2OCN1C1C(C)=CC=CC1Cl. The van der Waals surface area contributed by atoms with Crippen LogP contribution in [0, 0.1) is 5.92 Å². The van der Waals surface area contributed by atoms with E-state index in [9.17, 15) is 0 Å². The molecule has 0 saturated heterocycles. The molecule has 2 N–H and O–H groups in total. The molecule has 0 bridgehead atoms. The van der Waals surface area contributed by atoms with Crippen LogP contribution in [0.1, 0.15) is 62.6 Å². The number of allylic oxidation sites excluding steroid dienone is 3. The van der Waals surface area contributed by atoms with E-state index in [1.54, 1.807) is 0 Å². The van der Waals surface area contributed by atoms with Gasteiger partial charge in [0, 0.05) is 30.4 Å². The van der Waals surface area contributed by atoms with E-state index in [1.165, 1.54) is 53.7 Å². The van der Waals surface area contributed by atoms with Crippen molar-refractivity contribution in [3.05, 3.63) is 70.5 Å². The van der Waals surface area contributed by atoms with Gasteiger partial charge in [-0.1, -0.05) is 37.6 Å². The molecule has 7 rings (SSSR count). The predicted octanol–water partition coefficient (Wildman–Crippen LogP) is 6.03. The summed E-state index contributed by atoms with van der Waals surface area (Å²) in [7, 11) is 0. The first-order valence-electron chi connectivity index (χ1n) is 13.7. The third-order valence-electron chi connectivity index (χ3n) is 8.70. The number of nitrogens with zero attached hydrogens (tertiary/aromatic N) is 3. The van der Waals surface area contributed by atoms with Gasteiger partial charge in [0.15, 0.2) is 6.73 Å². The lowest BCUT2D eigenvalue weighted by Crippen LogP contribution is -2.45. The van der Waals surface area contributed by atoms with E-state index in [2.05, 4.69) is 59.7 Å². The van der Waals surface area contributed by atoms with Crippen LogP contribution in [0.15, 0.2) is 53.8 Å². The molecule has 2 aromatic rings. The first-order valence-corrected chi connectivity index (χ1v) is 14.1. The first kappa shape index (κ1) is 23.3. The average Bonchev–Trinajstić information content (AvgIpc) is 3.82. The smallest absolute Gasteiger partial charge is 0.230 e. The minimum absolute atomic E-state index is 0.0573. The van der Waals surface area contributed by atoms with Crippen molar-refractivity contribution in [1.82, 2.24) is 20.2 Å². The molecule has 0 radical (unpaired) electrons. The zero-order chi connectivity index (χ0) is 25.1. The van der Waals surface area contributed by atoms with Crippen molar-refractivity contribution >= 4 is 28.9 Å². The lowest BCUT2D eigenvalue weighted by atomic mass is 9.88. The number of hydrogen-bond acceptors (Lipinski definition) is 6. The van der Waals surface area contributed by atoms with Crippen LogP contribution in [0.25, 0.3) is 5.70 Å². The minimum atomic E-state index is -0.107. The lowest BCUT2D eigenvalue weighted by Gasteiger charge is -2.41. The summed E-state index contributed by atoms with van der Waals surface area (Å²) in [6, 6.07) is 6.75. The van der Waals surface area contributed by atoms with Gasteiger partial charge < -0.3 is 20.3 Å². The van der Waals surface area contributed by atoms with Crippen LogP contribution in [-0.2, 0) is 12.0 Å². The number of anilines is 2. The molecule has 3 atom stereocenters. The number of alkyl halides is 1. The Morgan fingerprint density at radius 2 is 2.19 bits per heavy atom. The summed E-state index contributed by atoms with van der Waals surface area (Å²) in [6.45, 7) is 6.86. The summed E-state index contributed by atoms with van der Waals surface area (Å²) >= 11 is 6.82. The second-order valence-corrected chi connectivity index (χ2v) is 11.8. The fraction of sp³-hybridized carbons (Fsp3) is 0.467. The van der Waals surface area contributed by atoms with Gasteiger partial charge in [-0.25, -0.2) is 4.98 Å². The molecule has 7 heteroatoms. The van der Waals surface area contributed by atoms with Crippen molar-refractivity contribution in [3.63, 3.8) is 0 Å². The van der Waals surface area contributed by atoms with Gasteiger partial charge in [-0.2, -0.15) is 4.98 Å². The molecule has 1 spiro atoms. The fourth-order valence-corrected chi connectivity index (χ4v) is 6.94. The van der Waals surface area contributed by atoms with Gasteiger partial charge in [0.05, 0.1) is 22.7 Å². The number of hydrogen-bond donors (Lipinski definition) is 2. The summed E-state index contributed by atoms with van der Waals surface area (Å²) in [5, 5.41) is 6.91. The zero-order valence-corrected chi connectivity index (χ0v) is 22.3. The molecule has 2 fully saturated rings. The van der Waals surface area contributed by atoms with E-state index in [0.29, 0.717) is 29.9 Å². The molecule has 3 unspecified atom stereocenters. The standard InChI is InChI=1S/C30H34ClN5O/c1-3-5-19-13-22(19)27-23-15-33-29(34-21-8-9-24-20(12-21)14-32-16-30(24)10-11-30)35-28(23)37-17-36(27)26-18(2)6-4-7-25(26)31/h4,6-9,12,15,19,25-26,32H,3,5,10-11,13-14,16-17H2,1-2H3,(H,33,34,35)/b27-22-. The van der Waals surface area contributed by atoms with Crippen LogP contribution in [0.2, 0.25) is 0 Å². The van der Waals surface area contributed by atoms with E-state index in [0.717, 1.165) is 30.8 Å². The van der Waals surface area contributed by atoms with Gasteiger partial charge in [-0.15, -0.1) is 11.6 Å². The van der Waals surface area contributed by atoms with Crippen molar-refractivity contribution in [2.45, 2.75) is 69.3 Å². The van der Waals surface area contributed by atoms with E-state index in [1.807, 2.05) is 12.3 Å². The number of rotatable bonds is 5. The quantitative estimate of drug-likeness (QED) is 0.474. The fourth-order valence-electron chi connectivity index (χ4n) is 6.53. The highest BCUT2D eigenvalue weighted by Crippen LogP contribution is 2.52. The molecular weight excluding hydrogens is 482 g/mol.